The number of halogens is 3. The number of phosphoric acid groups is 1. The Labute approximate surface area is 142 Å². The zero-order valence-electron chi connectivity index (χ0n) is 10.8. The zero-order valence-corrected chi connectivity index (χ0v) is 16.4. The molecule has 2 rings (SSSR count). The molecule has 6 nitrogen and oxygen atoms in total. The lowest BCUT2D eigenvalue weighted by atomic mass is 10.1. The van der Waals surface area contributed by atoms with Gasteiger partial charge in [0.05, 0.1) is 13.2 Å². The Bertz CT molecular complexity index is 427. The van der Waals surface area contributed by atoms with E-state index in [0.717, 1.165) is 0 Å². The van der Waals surface area contributed by atoms with E-state index in [1.165, 1.54) is 0 Å². The van der Waals surface area contributed by atoms with Gasteiger partial charge < -0.3 is 4.74 Å². The summed E-state index contributed by atoms with van der Waals surface area (Å²) in [4.78, 5) is 10.6. The van der Waals surface area contributed by atoms with Gasteiger partial charge in [-0.15, -0.1) is 0 Å². The van der Waals surface area contributed by atoms with Gasteiger partial charge in [0.25, 0.3) is 6.47 Å². The van der Waals surface area contributed by atoms with Crippen molar-refractivity contribution in [1.82, 2.24) is 0 Å². The molecule has 1 aliphatic heterocycles. The van der Waals surface area contributed by atoms with Crippen LogP contribution in [0.15, 0.2) is 0 Å². The molecule has 20 heavy (non-hydrogen) atoms. The summed E-state index contributed by atoms with van der Waals surface area (Å²) in [6.07, 6.45) is -0.961. The third kappa shape index (κ3) is 3.50. The molecule has 1 heterocycles. The van der Waals surface area contributed by atoms with Crippen LogP contribution in [-0.2, 0) is 27.7 Å². The molecule has 2 aliphatic rings. The highest BCUT2D eigenvalue weighted by atomic mass is 80.0. The number of carbonyl (C=O) groups excluding carboxylic acids is 1. The SMILES string of the molecule is CC1(C)C(OC=O)C1C(OP1(=O)OCCO1)C(Br)(Br)Br. The molecule has 1 saturated heterocycles. The average molecular weight is 501 g/mol. The molecular weight excluding hydrogens is 487 g/mol. The molecule has 10 heteroatoms. The van der Waals surface area contributed by atoms with Crippen LogP contribution in [0.4, 0.5) is 0 Å². The number of carbonyl (C=O) groups is 1. The van der Waals surface area contributed by atoms with Crippen molar-refractivity contribution < 1.29 is 27.7 Å². The summed E-state index contributed by atoms with van der Waals surface area (Å²) in [5, 5.41) is 0. The van der Waals surface area contributed by atoms with Gasteiger partial charge in [0.15, 0.2) is 2.14 Å². The molecule has 0 spiro atoms. The third-order valence-electron chi connectivity index (χ3n) is 3.49. The average Bonchev–Trinajstić information content (AvgIpc) is 2.67. The topological polar surface area (TPSA) is 71.1 Å². The molecule has 1 saturated carbocycles. The molecule has 0 N–H and O–H groups in total. The number of hydrogen-bond donors (Lipinski definition) is 0. The maximum Gasteiger partial charge on any atom is 0.475 e. The van der Waals surface area contributed by atoms with Gasteiger partial charge in [-0.3, -0.25) is 18.4 Å². The van der Waals surface area contributed by atoms with E-state index in [2.05, 4.69) is 47.8 Å². The molecule has 0 radical (unpaired) electrons. The summed E-state index contributed by atoms with van der Waals surface area (Å²) in [7, 11) is -3.57. The molecule has 1 aliphatic carbocycles. The minimum atomic E-state index is -3.57. The molecule has 0 aromatic heterocycles. The summed E-state index contributed by atoms with van der Waals surface area (Å²) < 4.78 is 32.1. The molecule has 116 valence electrons. The summed E-state index contributed by atoms with van der Waals surface area (Å²) in [6.45, 7) is 4.74. The van der Waals surface area contributed by atoms with Crippen LogP contribution >= 0.6 is 55.6 Å². The summed E-state index contributed by atoms with van der Waals surface area (Å²) >= 11 is 10.1. The van der Waals surface area contributed by atoms with E-state index in [9.17, 15) is 9.36 Å². The smallest absolute Gasteiger partial charge is 0.464 e. The molecule has 0 aromatic rings. The molecular formula is C10H14Br3O6P. The third-order valence-corrected chi connectivity index (χ3v) is 6.32. The number of ether oxygens (including phenoxy) is 1. The first-order valence-electron chi connectivity index (χ1n) is 5.85. The van der Waals surface area contributed by atoms with E-state index < -0.39 is 16.1 Å². The Morgan fingerprint density at radius 1 is 1.35 bits per heavy atom. The first-order chi connectivity index (χ1) is 9.12. The Morgan fingerprint density at radius 3 is 2.35 bits per heavy atom. The monoisotopic (exact) mass is 498 g/mol. The van der Waals surface area contributed by atoms with Crippen LogP contribution in [0.1, 0.15) is 13.8 Å². The highest BCUT2D eigenvalue weighted by Crippen LogP contribution is 2.66. The first kappa shape index (κ1) is 17.4. The second kappa shape index (κ2) is 5.91. The van der Waals surface area contributed by atoms with E-state index in [1.807, 2.05) is 13.8 Å². The van der Waals surface area contributed by atoms with E-state index >= 15 is 0 Å². The van der Waals surface area contributed by atoms with Crippen LogP contribution in [0.25, 0.3) is 0 Å². The van der Waals surface area contributed by atoms with Crippen molar-refractivity contribution in [2.75, 3.05) is 13.2 Å². The van der Waals surface area contributed by atoms with Crippen LogP contribution < -0.4 is 0 Å². The molecule has 3 unspecified atom stereocenters. The van der Waals surface area contributed by atoms with E-state index in [-0.39, 0.29) is 30.7 Å². The molecule has 0 bridgehead atoms. The normalized spacial score (nSPS) is 32.6. The van der Waals surface area contributed by atoms with Gasteiger partial charge in [-0.1, -0.05) is 61.6 Å². The molecule has 2 fully saturated rings. The van der Waals surface area contributed by atoms with Crippen molar-refractivity contribution in [2.45, 2.75) is 28.2 Å². The fourth-order valence-electron chi connectivity index (χ4n) is 2.36. The molecule has 0 amide bonds. The number of phosphoric ester groups is 1. The Hall–Kier alpha value is 1.02. The minimum absolute atomic E-state index is 0.176. The lowest BCUT2D eigenvalue weighted by Crippen LogP contribution is -2.31. The van der Waals surface area contributed by atoms with Gasteiger partial charge in [0, 0.05) is 11.3 Å². The largest absolute Gasteiger partial charge is 0.475 e. The minimum Gasteiger partial charge on any atom is -0.464 e. The second-order valence-corrected chi connectivity index (χ2v) is 13.7. The number of alkyl halides is 3. The van der Waals surface area contributed by atoms with E-state index in [1.54, 1.807) is 0 Å². The number of rotatable bonds is 5. The molecule has 0 aromatic carbocycles. The Kier molecular flexibility index (Phi) is 5.13. The highest BCUT2D eigenvalue weighted by molar-refractivity contribution is 9.39. The van der Waals surface area contributed by atoms with Crippen molar-refractivity contribution in [3.8, 4) is 0 Å². The fraction of sp³-hybridized carbons (Fsp3) is 0.900. The van der Waals surface area contributed by atoms with Crippen LogP contribution in [0.2, 0.25) is 0 Å². The van der Waals surface area contributed by atoms with Crippen LogP contribution in [0.5, 0.6) is 0 Å². The van der Waals surface area contributed by atoms with Crippen molar-refractivity contribution in [2.24, 2.45) is 11.3 Å². The van der Waals surface area contributed by atoms with Gasteiger partial charge in [-0.2, -0.15) is 0 Å². The fourth-order valence-corrected chi connectivity index (χ4v) is 5.29. The lowest BCUT2D eigenvalue weighted by molar-refractivity contribution is -0.131. The van der Waals surface area contributed by atoms with E-state index in [4.69, 9.17) is 18.3 Å². The quantitative estimate of drug-likeness (QED) is 0.326. The predicted molar refractivity (Wildman–Crippen MR) is 82.1 cm³/mol. The predicted octanol–water partition coefficient (Wildman–Crippen LogP) is 3.56. The summed E-state index contributed by atoms with van der Waals surface area (Å²) in [5.41, 5.74) is -0.301. The van der Waals surface area contributed by atoms with Gasteiger partial charge in [0.2, 0.25) is 0 Å². The van der Waals surface area contributed by atoms with Crippen molar-refractivity contribution in [3.63, 3.8) is 0 Å². The van der Waals surface area contributed by atoms with Crippen molar-refractivity contribution in [1.29, 1.82) is 0 Å². The van der Waals surface area contributed by atoms with E-state index in [0.29, 0.717) is 6.47 Å². The number of hydrogen-bond acceptors (Lipinski definition) is 6. The summed E-state index contributed by atoms with van der Waals surface area (Å²) in [6, 6.07) is 0. The second-order valence-electron chi connectivity index (χ2n) is 5.18. The van der Waals surface area contributed by atoms with Gasteiger partial charge >= 0.3 is 7.82 Å². The Morgan fingerprint density at radius 2 is 1.90 bits per heavy atom. The van der Waals surface area contributed by atoms with Crippen molar-refractivity contribution in [3.05, 3.63) is 0 Å². The van der Waals surface area contributed by atoms with Gasteiger partial charge in [-0.05, 0) is 0 Å². The maximum absolute atomic E-state index is 12.2. The van der Waals surface area contributed by atoms with Crippen LogP contribution in [-0.4, -0.2) is 34.0 Å². The highest BCUT2D eigenvalue weighted by Gasteiger charge is 2.68. The Balaban J connectivity index is 2.17. The standard InChI is InChI=1S/C10H14Br3O6P/c1-9(2)6(7(9)16-5-14)8(10(11,12)13)19-20(15)17-3-4-18-20/h5-8H,3-4H2,1-2H3. The van der Waals surface area contributed by atoms with Gasteiger partial charge in [-0.25, -0.2) is 4.57 Å². The van der Waals surface area contributed by atoms with Crippen molar-refractivity contribution >= 4 is 62.1 Å². The van der Waals surface area contributed by atoms with Crippen LogP contribution in [0, 0.1) is 11.3 Å². The first-order valence-corrected chi connectivity index (χ1v) is 9.69. The maximum atomic E-state index is 12.2. The lowest BCUT2D eigenvalue weighted by Gasteiger charge is -2.28. The van der Waals surface area contributed by atoms with Gasteiger partial charge in [0.1, 0.15) is 12.2 Å². The van der Waals surface area contributed by atoms with Crippen LogP contribution in [0.3, 0.4) is 0 Å². The summed E-state index contributed by atoms with van der Waals surface area (Å²) in [5.74, 6) is -0.176. The zero-order chi connectivity index (χ0) is 15.2. The molecule has 3 atom stereocenters.